The van der Waals surface area contributed by atoms with Crippen molar-refractivity contribution in [3.8, 4) is 0 Å². The molecule has 0 aromatic heterocycles. The van der Waals surface area contributed by atoms with Crippen LogP contribution in [0.5, 0.6) is 0 Å². The van der Waals surface area contributed by atoms with E-state index in [2.05, 4.69) is 36.3 Å². The van der Waals surface area contributed by atoms with E-state index in [0.29, 0.717) is 19.6 Å². The number of carboxylic acid groups (broad SMARTS) is 1. The molecule has 1 saturated heterocycles. The Morgan fingerprint density at radius 1 is 1.33 bits per heavy atom. The smallest absolute Gasteiger partial charge is 0.317 e. The standard InChI is InChI=1S/C15H29N3O3/c1-14(2,3)5-7-16-12(19)10-18-8-6-15(4,11-18)17-9-13(20)21/h17H,5-11H2,1-4H3,(H,16,19)(H,20,21)/t15-/m1/s1. The summed E-state index contributed by atoms with van der Waals surface area (Å²) in [6, 6.07) is 0. The van der Waals surface area contributed by atoms with Gasteiger partial charge in [0.1, 0.15) is 0 Å². The summed E-state index contributed by atoms with van der Waals surface area (Å²) >= 11 is 0. The van der Waals surface area contributed by atoms with Crippen molar-refractivity contribution in [1.82, 2.24) is 15.5 Å². The summed E-state index contributed by atoms with van der Waals surface area (Å²) in [7, 11) is 0. The van der Waals surface area contributed by atoms with Crippen LogP contribution in [0.25, 0.3) is 0 Å². The number of nitrogens with zero attached hydrogens (tertiary/aromatic N) is 1. The van der Waals surface area contributed by atoms with E-state index in [1.807, 2.05) is 6.92 Å². The molecular formula is C15H29N3O3. The van der Waals surface area contributed by atoms with Crippen LogP contribution in [0, 0.1) is 5.41 Å². The maximum Gasteiger partial charge on any atom is 0.317 e. The average Bonchev–Trinajstić information content (AvgIpc) is 2.67. The van der Waals surface area contributed by atoms with Crippen LogP contribution in [0.4, 0.5) is 0 Å². The molecule has 1 rings (SSSR count). The van der Waals surface area contributed by atoms with Gasteiger partial charge in [-0.05, 0) is 25.2 Å². The highest BCUT2D eigenvalue weighted by Gasteiger charge is 2.34. The van der Waals surface area contributed by atoms with Gasteiger partial charge in [-0.3, -0.25) is 14.5 Å². The van der Waals surface area contributed by atoms with E-state index in [4.69, 9.17) is 5.11 Å². The molecule has 0 bridgehead atoms. The van der Waals surface area contributed by atoms with Gasteiger partial charge < -0.3 is 15.7 Å². The SMILES string of the molecule is CC(C)(C)CCNC(=O)CN1CC[C@@](C)(NCC(=O)O)C1. The van der Waals surface area contributed by atoms with Crippen molar-refractivity contribution < 1.29 is 14.7 Å². The van der Waals surface area contributed by atoms with Gasteiger partial charge in [0.2, 0.25) is 5.91 Å². The average molecular weight is 299 g/mol. The van der Waals surface area contributed by atoms with Crippen molar-refractivity contribution in [2.75, 3.05) is 32.7 Å². The molecule has 1 aliphatic heterocycles. The number of hydrogen-bond donors (Lipinski definition) is 3. The zero-order valence-electron chi connectivity index (χ0n) is 13.7. The van der Waals surface area contributed by atoms with Crippen LogP contribution in [-0.2, 0) is 9.59 Å². The normalized spacial score (nSPS) is 23.2. The van der Waals surface area contributed by atoms with Crippen LogP contribution < -0.4 is 10.6 Å². The first kappa shape index (κ1) is 17.9. The van der Waals surface area contributed by atoms with Gasteiger partial charge in [-0.25, -0.2) is 0 Å². The Morgan fingerprint density at radius 2 is 2.00 bits per heavy atom. The molecule has 0 saturated carbocycles. The van der Waals surface area contributed by atoms with Gasteiger partial charge in [-0.15, -0.1) is 0 Å². The summed E-state index contributed by atoms with van der Waals surface area (Å²) in [6.45, 7) is 11.0. The van der Waals surface area contributed by atoms with Crippen molar-refractivity contribution >= 4 is 11.9 Å². The number of likely N-dealkylation sites (tertiary alicyclic amines) is 1. The molecule has 0 unspecified atom stereocenters. The lowest BCUT2D eigenvalue weighted by atomic mass is 9.92. The highest BCUT2D eigenvalue weighted by molar-refractivity contribution is 5.78. The van der Waals surface area contributed by atoms with Gasteiger partial charge in [0.05, 0.1) is 13.1 Å². The minimum Gasteiger partial charge on any atom is -0.480 e. The summed E-state index contributed by atoms with van der Waals surface area (Å²) in [4.78, 5) is 24.6. The summed E-state index contributed by atoms with van der Waals surface area (Å²) in [5, 5.41) is 14.7. The number of rotatable bonds is 7. The van der Waals surface area contributed by atoms with Gasteiger partial charge in [0.15, 0.2) is 0 Å². The summed E-state index contributed by atoms with van der Waals surface area (Å²) in [6.07, 6.45) is 1.81. The van der Waals surface area contributed by atoms with Gasteiger partial charge >= 0.3 is 5.97 Å². The fourth-order valence-electron chi connectivity index (χ4n) is 2.46. The molecule has 1 heterocycles. The van der Waals surface area contributed by atoms with Gasteiger partial charge in [0.25, 0.3) is 0 Å². The summed E-state index contributed by atoms with van der Waals surface area (Å²) in [5.74, 6) is -0.809. The molecule has 0 spiro atoms. The Labute approximate surface area is 127 Å². The molecule has 1 atom stereocenters. The first-order chi connectivity index (χ1) is 9.60. The molecule has 0 aliphatic carbocycles. The van der Waals surface area contributed by atoms with E-state index in [0.717, 1.165) is 19.4 Å². The maximum atomic E-state index is 11.9. The number of aliphatic carboxylic acids is 1. The fourth-order valence-corrected chi connectivity index (χ4v) is 2.46. The predicted molar refractivity (Wildman–Crippen MR) is 82.2 cm³/mol. The molecule has 0 radical (unpaired) electrons. The molecule has 122 valence electrons. The lowest BCUT2D eigenvalue weighted by Crippen LogP contribution is -2.47. The molecule has 1 fully saturated rings. The van der Waals surface area contributed by atoms with Crippen LogP contribution in [0.2, 0.25) is 0 Å². The first-order valence-electron chi connectivity index (χ1n) is 7.56. The molecule has 21 heavy (non-hydrogen) atoms. The van der Waals surface area contributed by atoms with Gasteiger partial charge in [-0.1, -0.05) is 20.8 Å². The van der Waals surface area contributed by atoms with E-state index < -0.39 is 5.97 Å². The lowest BCUT2D eigenvalue weighted by molar-refractivity contribution is -0.136. The third-order valence-corrected chi connectivity index (χ3v) is 3.78. The maximum absolute atomic E-state index is 11.9. The first-order valence-corrected chi connectivity index (χ1v) is 7.56. The number of amides is 1. The van der Waals surface area contributed by atoms with Gasteiger partial charge in [-0.2, -0.15) is 0 Å². The van der Waals surface area contributed by atoms with E-state index in [9.17, 15) is 9.59 Å². The quantitative estimate of drug-likeness (QED) is 0.644. The topological polar surface area (TPSA) is 81.7 Å². The number of carboxylic acids is 1. The molecule has 1 amide bonds. The van der Waals surface area contributed by atoms with Crippen molar-refractivity contribution in [3.05, 3.63) is 0 Å². The molecule has 0 aromatic carbocycles. The predicted octanol–water partition coefficient (Wildman–Crippen LogP) is 0.677. The van der Waals surface area contributed by atoms with Crippen molar-refractivity contribution in [2.24, 2.45) is 5.41 Å². The number of carbonyl (C=O) groups is 2. The minimum atomic E-state index is -0.852. The van der Waals surface area contributed by atoms with Crippen molar-refractivity contribution in [1.29, 1.82) is 0 Å². The van der Waals surface area contributed by atoms with Crippen LogP contribution in [0.3, 0.4) is 0 Å². The van der Waals surface area contributed by atoms with Crippen molar-refractivity contribution in [3.63, 3.8) is 0 Å². The largest absolute Gasteiger partial charge is 0.480 e. The van der Waals surface area contributed by atoms with Crippen LogP contribution in [0.15, 0.2) is 0 Å². The molecule has 1 aliphatic rings. The Balaban J connectivity index is 2.27. The van der Waals surface area contributed by atoms with Crippen molar-refractivity contribution in [2.45, 2.75) is 46.1 Å². The number of nitrogens with one attached hydrogen (secondary N) is 2. The molecule has 0 aromatic rings. The van der Waals surface area contributed by atoms with Crippen LogP contribution in [0.1, 0.15) is 40.5 Å². The summed E-state index contributed by atoms with van der Waals surface area (Å²) in [5.41, 5.74) is 0.00429. The highest BCUT2D eigenvalue weighted by Crippen LogP contribution is 2.20. The summed E-state index contributed by atoms with van der Waals surface area (Å²) < 4.78 is 0. The number of carbonyl (C=O) groups excluding carboxylic acids is 1. The van der Waals surface area contributed by atoms with E-state index in [-0.39, 0.29) is 23.4 Å². The monoisotopic (exact) mass is 299 g/mol. The second kappa shape index (κ2) is 7.22. The zero-order chi connectivity index (χ0) is 16.1. The molecule has 6 nitrogen and oxygen atoms in total. The molecule has 6 heteroatoms. The Morgan fingerprint density at radius 3 is 2.57 bits per heavy atom. The Bertz CT molecular complexity index is 379. The molecular weight excluding hydrogens is 270 g/mol. The minimum absolute atomic E-state index is 0.0396. The Hall–Kier alpha value is -1.14. The van der Waals surface area contributed by atoms with Crippen LogP contribution >= 0.6 is 0 Å². The Kier molecular flexibility index (Phi) is 6.16. The fraction of sp³-hybridized carbons (Fsp3) is 0.867. The van der Waals surface area contributed by atoms with Gasteiger partial charge in [0, 0.05) is 25.2 Å². The third-order valence-electron chi connectivity index (χ3n) is 3.78. The van der Waals surface area contributed by atoms with E-state index in [1.54, 1.807) is 0 Å². The van der Waals surface area contributed by atoms with E-state index in [1.165, 1.54) is 0 Å². The second-order valence-electron chi connectivity index (χ2n) is 7.43. The number of hydrogen-bond acceptors (Lipinski definition) is 4. The lowest BCUT2D eigenvalue weighted by Gasteiger charge is -2.25. The highest BCUT2D eigenvalue weighted by atomic mass is 16.4. The zero-order valence-corrected chi connectivity index (χ0v) is 13.7. The molecule has 3 N–H and O–H groups in total. The third kappa shape index (κ3) is 7.43. The second-order valence-corrected chi connectivity index (χ2v) is 7.43. The van der Waals surface area contributed by atoms with Crippen LogP contribution in [-0.4, -0.2) is 60.1 Å². The van der Waals surface area contributed by atoms with E-state index >= 15 is 0 Å².